The first-order valence-electron chi connectivity index (χ1n) is 9.18. The summed E-state index contributed by atoms with van der Waals surface area (Å²) < 4.78 is 1.87. The Balaban J connectivity index is 1.58. The van der Waals surface area contributed by atoms with Gasteiger partial charge in [0.25, 0.3) is 11.5 Å². The number of nitrogens with zero attached hydrogens (tertiary/aromatic N) is 1. The maximum atomic E-state index is 12.4. The van der Waals surface area contributed by atoms with Crippen molar-refractivity contribution in [2.75, 3.05) is 12.3 Å². The second-order valence-corrected chi connectivity index (χ2v) is 8.03. The number of hydrogen-bond donors (Lipinski definition) is 2. The smallest absolute Gasteiger partial charge is 0.262 e. The third-order valence-electron chi connectivity index (χ3n) is 4.48. The maximum absolute atomic E-state index is 12.4. The third-order valence-corrected chi connectivity index (χ3v) is 5.83. The fraction of sp³-hybridized carbons (Fsp3) is 0.286. The number of rotatable bonds is 7. The molecule has 2 N–H and O–H groups in total. The van der Waals surface area contributed by atoms with Gasteiger partial charge in [0.2, 0.25) is 0 Å². The van der Waals surface area contributed by atoms with Gasteiger partial charge < -0.3 is 10.3 Å². The van der Waals surface area contributed by atoms with Gasteiger partial charge in [0.05, 0.1) is 10.9 Å². The topological polar surface area (TPSA) is 66.9 Å². The van der Waals surface area contributed by atoms with Crippen molar-refractivity contribution in [3.63, 3.8) is 0 Å². The Labute approximate surface area is 173 Å². The van der Waals surface area contributed by atoms with Gasteiger partial charge in [-0.2, -0.15) is 11.8 Å². The van der Waals surface area contributed by atoms with Gasteiger partial charge in [0.1, 0.15) is 0 Å². The Bertz CT molecular complexity index is 1100. The lowest BCUT2D eigenvalue weighted by Gasteiger charge is -2.08. The number of benzene rings is 2. The normalized spacial score (nSPS) is 10.9. The number of hydrogen-bond acceptors (Lipinski definition) is 4. The summed E-state index contributed by atoms with van der Waals surface area (Å²) in [5, 5.41) is 3.46. The molecule has 5 nitrogen and oxygen atoms in total. The Morgan fingerprint density at radius 1 is 1.21 bits per heavy atom. The fourth-order valence-corrected chi connectivity index (χ4v) is 4.04. The van der Waals surface area contributed by atoms with Crippen LogP contribution in [0.5, 0.6) is 0 Å². The molecule has 0 radical (unpaired) electrons. The minimum Gasteiger partial charge on any atom is -0.351 e. The van der Waals surface area contributed by atoms with Gasteiger partial charge in [-0.3, -0.25) is 14.2 Å². The van der Waals surface area contributed by atoms with Crippen molar-refractivity contribution in [2.45, 2.75) is 26.1 Å². The van der Waals surface area contributed by atoms with E-state index in [-0.39, 0.29) is 11.5 Å². The van der Waals surface area contributed by atoms with E-state index in [9.17, 15) is 9.59 Å². The van der Waals surface area contributed by atoms with Crippen LogP contribution < -0.4 is 10.9 Å². The summed E-state index contributed by atoms with van der Waals surface area (Å²) in [6, 6.07) is 13.5. The average molecular weight is 414 g/mol. The lowest BCUT2D eigenvalue weighted by molar-refractivity contribution is 0.0956. The molecular formula is C21H23N3O2S2. The number of nitrogens with one attached hydrogen (secondary N) is 2. The highest BCUT2D eigenvalue weighted by molar-refractivity contribution is 7.98. The second kappa shape index (κ2) is 9.21. The minimum atomic E-state index is -0.156. The molecule has 0 aliphatic carbocycles. The van der Waals surface area contributed by atoms with Gasteiger partial charge in [0.15, 0.2) is 4.77 Å². The number of amides is 1. The van der Waals surface area contributed by atoms with Gasteiger partial charge in [-0.1, -0.05) is 29.8 Å². The van der Waals surface area contributed by atoms with Gasteiger partial charge >= 0.3 is 0 Å². The number of aromatic nitrogens is 2. The highest BCUT2D eigenvalue weighted by Gasteiger charge is 2.09. The van der Waals surface area contributed by atoms with Crippen molar-refractivity contribution in [1.82, 2.24) is 14.9 Å². The molecule has 1 aromatic heterocycles. The number of thioether (sulfide) groups is 1. The zero-order valence-corrected chi connectivity index (χ0v) is 17.6. The van der Waals surface area contributed by atoms with E-state index in [0.717, 1.165) is 11.5 Å². The fourth-order valence-electron chi connectivity index (χ4n) is 2.90. The highest BCUT2D eigenvalue weighted by Crippen LogP contribution is 2.13. The summed E-state index contributed by atoms with van der Waals surface area (Å²) in [5.41, 5.74) is 3.49. The molecule has 3 rings (SSSR count). The van der Waals surface area contributed by atoms with E-state index in [4.69, 9.17) is 12.2 Å². The minimum absolute atomic E-state index is 0.138. The molecule has 0 atom stereocenters. The lowest BCUT2D eigenvalue weighted by Crippen LogP contribution is -2.26. The first-order chi connectivity index (χ1) is 13.5. The summed E-state index contributed by atoms with van der Waals surface area (Å²) in [4.78, 5) is 27.9. The van der Waals surface area contributed by atoms with Crippen LogP contribution in [0.3, 0.4) is 0 Å². The molecular weight excluding hydrogens is 390 g/mol. The van der Waals surface area contributed by atoms with E-state index in [0.29, 0.717) is 34.3 Å². The van der Waals surface area contributed by atoms with Crippen LogP contribution in [0.25, 0.3) is 10.9 Å². The molecule has 0 saturated carbocycles. The van der Waals surface area contributed by atoms with Crippen molar-refractivity contribution in [3.8, 4) is 0 Å². The third kappa shape index (κ3) is 4.72. The Morgan fingerprint density at radius 3 is 2.68 bits per heavy atom. The van der Waals surface area contributed by atoms with E-state index >= 15 is 0 Å². The first kappa shape index (κ1) is 20.4. The molecule has 0 spiro atoms. The van der Waals surface area contributed by atoms with E-state index < -0.39 is 0 Å². The van der Waals surface area contributed by atoms with E-state index in [2.05, 4.69) is 41.5 Å². The largest absolute Gasteiger partial charge is 0.351 e. The Morgan fingerprint density at radius 2 is 1.96 bits per heavy atom. The molecule has 1 heterocycles. The molecule has 7 heteroatoms. The first-order valence-corrected chi connectivity index (χ1v) is 10.7. The van der Waals surface area contributed by atoms with Crippen LogP contribution >= 0.6 is 24.0 Å². The quantitative estimate of drug-likeness (QED) is 0.453. The molecule has 0 aliphatic heterocycles. The molecule has 0 bridgehead atoms. The van der Waals surface area contributed by atoms with E-state index in [1.54, 1.807) is 30.0 Å². The van der Waals surface area contributed by atoms with Crippen molar-refractivity contribution < 1.29 is 4.79 Å². The average Bonchev–Trinajstić information content (AvgIpc) is 2.69. The molecule has 146 valence electrons. The Hall–Kier alpha value is -2.38. The van der Waals surface area contributed by atoms with Gasteiger partial charge in [-0.25, -0.2) is 0 Å². The van der Waals surface area contributed by atoms with Crippen molar-refractivity contribution in [3.05, 3.63) is 74.3 Å². The van der Waals surface area contributed by atoms with Crippen LogP contribution in [0.15, 0.2) is 47.3 Å². The Kier molecular flexibility index (Phi) is 6.70. The number of H-pyrrole nitrogens is 1. The highest BCUT2D eigenvalue weighted by atomic mass is 32.2. The van der Waals surface area contributed by atoms with Crippen LogP contribution in [0.1, 0.15) is 28.4 Å². The number of carbonyl (C=O) groups is 1. The van der Waals surface area contributed by atoms with Crippen LogP contribution in [0.4, 0.5) is 0 Å². The number of aryl methyl sites for hydroxylation is 1. The number of aromatic amines is 1. The predicted molar refractivity (Wildman–Crippen MR) is 119 cm³/mol. The number of carbonyl (C=O) groups excluding carboxylic acids is 1. The van der Waals surface area contributed by atoms with Crippen LogP contribution in [0.2, 0.25) is 0 Å². The molecule has 0 saturated heterocycles. The molecule has 0 unspecified atom stereocenters. The maximum Gasteiger partial charge on any atom is 0.262 e. The van der Waals surface area contributed by atoms with Gasteiger partial charge in [-0.05, 0) is 49.8 Å². The monoisotopic (exact) mass is 413 g/mol. The summed E-state index contributed by atoms with van der Waals surface area (Å²) in [5.74, 6) is 1.60. The van der Waals surface area contributed by atoms with Crippen LogP contribution in [-0.2, 0) is 12.3 Å². The molecule has 0 fully saturated rings. The van der Waals surface area contributed by atoms with Gasteiger partial charge in [0, 0.05) is 30.2 Å². The van der Waals surface area contributed by atoms with Gasteiger partial charge in [-0.15, -0.1) is 0 Å². The van der Waals surface area contributed by atoms with Crippen molar-refractivity contribution in [1.29, 1.82) is 0 Å². The summed E-state index contributed by atoms with van der Waals surface area (Å²) in [7, 11) is 0. The molecule has 2 aromatic carbocycles. The van der Waals surface area contributed by atoms with E-state index in [1.165, 1.54) is 15.7 Å². The second-order valence-electron chi connectivity index (χ2n) is 6.53. The zero-order chi connectivity index (χ0) is 20.1. The molecule has 28 heavy (non-hydrogen) atoms. The van der Waals surface area contributed by atoms with Crippen LogP contribution in [0, 0.1) is 11.7 Å². The molecule has 3 aromatic rings. The summed E-state index contributed by atoms with van der Waals surface area (Å²) in [6.45, 7) is 5.04. The molecule has 1 amide bonds. The van der Waals surface area contributed by atoms with Crippen LogP contribution in [-0.4, -0.2) is 27.8 Å². The lowest BCUT2D eigenvalue weighted by atomic mass is 10.1. The predicted octanol–water partition coefficient (Wildman–Crippen LogP) is 4.05. The van der Waals surface area contributed by atoms with Crippen molar-refractivity contribution >= 4 is 40.8 Å². The number of fused-ring (bicyclic) bond motifs is 1. The SMILES string of the molecule is CCn1c(=S)[nH]c2cc(C(=O)NCCSCc3ccc(C)cc3)ccc2c1=O. The summed E-state index contributed by atoms with van der Waals surface area (Å²) in [6.07, 6.45) is 0. The van der Waals surface area contributed by atoms with Crippen molar-refractivity contribution in [2.24, 2.45) is 0 Å². The molecule has 0 aliphatic rings. The summed E-state index contributed by atoms with van der Waals surface area (Å²) >= 11 is 7.01. The zero-order valence-electron chi connectivity index (χ0n) is 16.0. The van der Waals surface area contributed by atoms with E-state index in [1.807, 2.05) is 6.92 Å². The standard InChI is InChI=1S/C21H23N3O2S2/c1-3-24-20(26)17-9-8-16(12-18(17)23-21(24)27)19(25)22-10-11-28-13-15-6-4-14(2)5-7-15/h4-9,12H,3,10-11,13H2,1-2H3,(H,22,25)(H,23,27).